The van der Waals surface area contributed by atoms with Crippen molar-refractivity contribution in [3.8, 4) is 0 Å². The lowest BCUT2D eigenvalue weighted by atomic mass is 10.4. The van der Waals surface area contributed by atoms with E-state index in [-0.39, 0.29) is 6.29 Å². The molecule has 0 aromatic heterocycles. The Hall–Kier alpha value is -1.25. The van der Waals surface area contributed by atoms with Gasteiger partial charge in [0.2, 0.25) is 0 Å². The van der Waals surface area contributed by atoms with E-state index in [1.54, 1.807) is 0 Å². The van der Waals surface area contributed by atoms with Crippen LogP contribution in [0.15, 0.2) is 28.5 Å². The summed E-state index contributed by atoms with van der Waals surface area (Å²) in [4.78, 5) is 6.52. The van der Waals surface area contributed by atoms with Crippen LogP contribution in [-0.2, 0) is 0 Å². The Morgan fingerprint density at radius 3 is 3.45 bits per heavy atom. The largest absolute Gasteiger partial charge is 0.348 e. The van der Waals surface area contributed by atoms with Gasteiger partial charge in [0.05, 0.1) is 6.04 Å². The lowest BCUT2D eigenvalue weighted by molar-refractivity contribution is 0.303. The molecule has 0 bridgehead atoms. The van der Waals surface area contributed by atoms with Crippen molar-refractivity contribution in [1.29, 1.82) is 0 Å². The Labute approximate surface area is 65.1 Å². The van der Waals surface area contributed by atoms with Crippen molar-refractivity contribution in [3.05, 3.63) is 23.5 Å². The summed E-state index contributed by atoms with van der Waals surface area (Å²) in [5.41, 5.74) is 2.83. The average molecular weight is 147 g/mol. The molecule has 2 aliphatic heterocycles. The van der Waals surface area contributed by atoms with E-state index < -0.39 is 0 Å². The van der Waals surface area contributed by atoms with Gasteiger partial charge in [0.25, 0.3) is 0 Å². The Morgan fingerprint density at radius 1 is 1.64 bits per heavy atom. The van der Waals surface area contributed by atoms with E-state index in [1.165, 1.54) is 11.3 Å². The zero-order chi connectivity index (χ0) is 7.42. The lowest BCUT2D eigenvalue weighted by Gasteiger charge is -2.23. The van der Waals surface area contributed by atoms with E-state index in [9.17, 15) is 0 Å². The van der Waals surface area contributed by atoms with Crippen LogP contribution in [-0.4, -0.2) is 23.4 Å². The number of hydrogen-bond acceptors (Lipinski definition) is 3. The molecule has 0 radical (unpaired) electrons. The first-order chi connectivity index (χ1) is 5.38. The molecule has 2 heterocycles. The second-order valence-electron chi connectivity index (χ2n) is 3.10. The zero-order valence-corrected chi connectivity index (χ0v) is 6.28. The van der Waals surface area contributed by atoms with Gasteiger partial charge in [0, 0.05) is 18.1 Å². The number of fused-ring (bicyclic) bond motifs is 3. The van der Waals surface area contributed by atoms with Gasteiger partial charge in [0.1, 0.15) is 0 Å². The molecule has 0 spiro atoms. The normalized spacial score (nSPS) is 37.0. The fourth-order valence-corrected chi connectivity index (χ4v) is 1.79. The van der Waals surface area contributed by atoms with Crippen LogP contribution in [0, 0.1) is 0 Å². The van der Waals surface area contributed by atoms with Crippen molar-refractivity contribution in [3.63, 3.8) is 0 Å². The number of hydrogen-bond donors (Lipinski definition) is 1. The number of nitrogens with zero attached hydrogens (tertiary/aromatic N) is 2. The molecular formula is C8H9N3. The maximum Gasteiger partial charge on any atom is 0.196 e. The molecule has 1 N–H and O–H groups in total. The molecule has 0 amide bonds. The highest BCUT2D eigenvalue weighted by atomic mass is 15.5. The summed E-state index contributed by atoms with van der Waals surface area (Å²) in [6, 6.07) is 0.550. The first-order valence-corrected chi connectivity index (χ1v) is 3.82. The topological polar surface area (TPSA) is 27.6 Å². The molecule has 3 nitrogen and oxygen atoms in total. The van der Waals surface area contributed by atoms with Gasteiger partial charge in [-0.15, -0.1) is 0 Å². The van der Waals surface area contributed by atoms with Crippen LogP contribution in [0.25, 0.3) is 0 Å². The van der Waals surface area contributed by atoms with Crippen LogP contribution in [0.1, 0.15) is 6.92 Å². The number of aliphatic imine (C=N–C) groups is 1. The molecule has 1 aliphatic carbocycles. The molecule has 0 aromatic carbocycles. The average Bonchev–Trinajstić information content (AvgIpc) is 2.55. The summed E-state index contributed by atoms with van der Waals surface area (Å²) in [5.74, 6) is 0. The SMILES string of the molecule is CC1=C2NC3N=CC=CN3C12. The van der Waals surface area contributed by atoms with E-state index in [0.717, 1.165) is 0 Å². The molecule has 2 atom stereocenters. The van der Waals surface area contributed by atoms with Crippen molar-refractivity contribution in [2.45, 2.75) is 19.3 Å². The smallest absolute Gasteiger partial charge is 0.196 e. The van der Waals surface area contributed by atoms with Gasteiger partial charge in [-0.25, -0.2) is 4.99 Å². The van der Waals surface area contributed by atoms with E-state index in [2.05, 4.69) is 28.3 Å². The van der Waals surface area contributed by atoms with Crippen molar-refractivity contribution in [2.24, 2.45) is 4.99 Å². The van der Waals surface area contributed by atoms with Crippen LogP contribution < -0.4 is 5.32 Å². The van der Waals surface area contributed by atoms with E-state index >= 15 is 0 Å². The molecule has 56 valence electrons. The molecule has 11 heavy (non-hydrogen) atoms. The fourth-order valence-electron chi connectivity index (χ4n) is 1.79. The predicted octanol–water partition coefficient (Wildman–Crippen LogP) is 0.430. The lowest BCUT2D eigenvalue weighted by Crippen LogP contribution is -2.35. The quantitative estimate of drug-likeness (QED) is 0.538. The van der Waals surface area contributed by atoms with Gasteiger partial charge in [0.15, 0.2) is 6.29 Å². The van der Waals surface area contributed by atoms with Gasteiger partial charge in [-0.3, -0.25) is 0 Å². The van der Waals surface area contributed by atoms with Gasteiger partial charge < -0.3 is 10.2 Å². The summed E-state index contributed by atoms with van der Waals surface area (Å²) in [5, 5.41) is 3.34. The molecule has 1 fully saturated rings. The molecule has 3 rings (SSSR count). The summed E-state index contributed by atoms with van der Waals surface area (Å²) in [6.45, 7) is 2.16. The maximum absolute atomic E-state index is 4.28. The van der Waals surface area contributed by atoms with Gasteiger partial charge in [-0.1, -0.05) is 0 Å². The zero-order valence-electron chi connectivity index (χ0n) is 6.28. The van der Waals surface area contributed by atoms with Crippen LogP contribution in [0.2, 0.25) is 0 Å². The summed E-state index contributed by atoms with van der Waals surface area (Å²) in [7, 11) is 0. The Balaban J connectivity index is 1.97. The monoisotopic (exact) mass is 147 g/mol. The molecule has 2 unspecified atom stereocenters. The summed E-state index contributed by atoms with van der Waals surface area (Å²) in [6.07, 6.45) is 6.10. The highest BCUT2D eigenvalue weighted by Crippen LogP contribution is 2.41. The molecule has 0 aromatic rings. The first kappa shape index (κ1) is 5.41. The van der Waals surface area contributed by atoms with Crippen LogP contribution in [0.5, 0.6) is 0 Å². The predicted molar refractivity (Wildman–Crippen MR) is 42.9 cm³/mol. The van der Waals surface area contributed by atoms with Crippen molar-refractivity contribution < 1.29 is 0 Å². The Morgan fingerprint density at radius 2 is 2.55 bits per heavy atom. The van der Waals surface area contributed by atoms with Crippen molar-refractivity contribution in [1.82, 2.24) is 10.2 Å². The third kappa shape index (κ3) is 0.518. The first-order valence-electron chi connectivity index (χ1n) is 3.82. The second kappa shape index (κ2) is 1.49. The van der Waals surface area contributed by atoms with Crippen LogP contribution in [0.4, 0.5) is 0 Å². The van der Waals surface area contributed by atoms with Gasteiger partial charge in [-0.05, 0) is 18.6 Å². The van der Waals surface area contributed by atoms with E-state index in [4.69, 9.17) is 0 Å². The minimum atomic E-state index is 0.184. The van der Waals surface area contributed by atoms with E-state index in [0.29, 0.717) is 6.04 Å². The molecule has 0 saturated carbocycles. The van der Waals surface area contributed by atoms with Crippen molar-refractivity contribution >= 4 is 6.21 Å². The highest BCUT2D eigenvalue weighted by Gasteiger charge is 2.47. The Bertz CT molecular complexity index is 300. The molecular weight excluding hydrogens is 138 g/mol. The maximum atomic E-state index is 4.28. The van der Waals surface area contributed by atoms with Gasteiger partial charge >= 0.3 is 0 Å². The third-order valence-electron chi connectivity index (χ3n) is 2.46. The molecule has 3 aliphatic rings. The second-order valence-corrected chi connectivity index (χ2v) is 3.10. The van der Waals surface area contributed by atoms with Crippen LogP contribution >= 0.6 is 0 Å². The summed E-state index contributed by atoms with van der Waals surface area (Å²) >= 11 is 0. The van der Waals surface area contributed by atoms with Crippen LogP contribution in [0.3, 0.4) is 0 Å². The van der Waals surface area contributed by atoms with E-state index in [1.807, 2.05) is 12.3 Å². The van der Waals surface area contributed by atoms with Crippen molar-refractivity contribution in [2.75, 3.05) is 0 Å². The highest BCUT2D eigenvalue weighted by molar-refractivity contribution is 5.72. The number of rotatable bonds is 0. The summed E-state index contributed by atoms with van der Waals surface area (Å²) < 4.78 is 0. The molecule has 1 saturated heterocycles. The third-order valence-corrected chi connectivity index (χ3v) is 2.46. The standard InChI is InChI=1S/C8H9N3/c1-5-6-7(5)11-4-2-3-9-8(11)10-6/h2-4,7-8,10H,1H3. The minimum Gasteiger partial charge on any atom is -0.348 e. The number of allylic oxidation sites excluding steroid dienone is 1. The minimum absolute atomic E-state index is 0.184. The Kier molecular flexibility index (Phi) is 0.735. The van der Waals surface area contributed by atoms with Gasteiger partial charge in [-0.2, -0.15) is 0 Å². The fraction of sp³-hybridized carbons (Fsp3) is 0.375. The molecule has 3 heteroatoms. The number of nitrogens with one attached hydrogen (secondary N) is 1.